The van der Waals surface area contributed by atoms with Crippen molar-refractivity contribution in [1.29, 1.82) is 0 Å². The summed E-state index contributed by atoms with van der Waals surface area (Å²) in [6, 6.07) is 3.65. The van der Waals surface area contributed by atoms with Crippen molar-refractivity contribution in [2.24, 2.45) is 4.99 Å². The molecule has 1 atom stereocenters. The highest BCUT2D eigenvalue weighted by Crippen LogP contribution is 2.28. The molecule has 0 radical (unpaired) electrons. The molecule has 12 nitrogen and oxygen atoms in total. The Morgan fingerprint density at radius 1 is 1.17 bits per heavy atom. The van der Waals surface area contributed by atoms with Gasteiger partial charge in [0.15, 0.2) is 29.3 Å². The van der Waals surface area contributed by atoms with Crippen LogP contribution in [0, 0.1) is 12.7 Å². The summed E-state index contributed by atoms with van der Waals surface area (Å²) in [5, 5.41) is 8.87. The molecule has 14 heteroatoms. The third-order valence-electron chi connectivity index (χ3n) is 7.11. The number of likely N-dealkylation sites (tertiary alicyclic amines) is 1. The fraction of sp³-hybridized carbons (Fsp3) is 0.333. The van der Waals surface area contributed by atoms with Crippen LogP contribution in [-0.4, -0.2) is 63.6 Å². The molecule has 0 aromatic carbocycles. The zero-order valence-corrected chi connectivity index (χ0v) is 23.2. The topological polar surface area (TPSA) is 123 Å². The summed E-state index contributed by atoms with van der Waals surface area (Å²) in [7, 11) is 0. The first-order valence-corrected chi connectivity index (χ1v) is 14.3. The molecule has 7 heterocycles. The maximum Gasteiger partial charge on any atom is 0.196 e. The van der Waals surface area contributed by atoms with E-state index in [1.54, 1.807) is 16.9 Å². The number of fused-ring (bicyclic) bond motifs is 1. The summed E-state index contributed by atoms with van der Waals surface area (Å²) in [6.45, 7) is 5.45. The van der Waals surface area contributed by atoms with E-state index >= 15 is 0 Å². The third-order valence-corrected chi connectivity index (χ3v) is 7.85. The Balaban J connectivity index is 1.08. The number of amidine groups is 1. The Hall–Kier alpha value is -4.27. The smallest absolute Gasteiger partial charge is 0.196 e. The number of nitrogens with one attached hydrogen (secondary N) is 2. The third kappa shape index (κ3) is 5.40. The van der Waals surface area contributed by atoms with E-state index in [0.717, 1.165) is 53.5 Å². The molecule has 0 bridgehead atoms. The molecular weight excluding hydrogens is 545 g/mol. The average molecular weight is 574 g/mol. The van der Waals surface area contributed by atoms with Crippen LogP contribution in [0.3, 0.4) is 0 Å². The minimum atomic E-state index is -0.561. The van der Waals surface area contributed by atoms with E-state index in [9.17, 15) is 4.39 Å². The van der Waals surface area contributed by atoms with E-state index in [0.29, 0.717) is 29.4 Å². The minimum Gasteiger partial charge on any atom is -0.328 e. The SMILES string of the molecule is Cc1cn2c(-c3cnn(CC4N=C(c5ccncc5F)NO4)c3)cnc2c(Nc2cc(CN3CCCCC3)ns2)n1. The van der Waals surface area contributed by atoms with Gasteiger partial charge in [0.1, 0.15) is 5.00 Å². The number of piperidine rings is 1. The van der Waals surface area contributed by atoms with Crippen molar-refractivity contribution in [3.63, 3.8) is 0 Å². The molecule has 0 saturated carbocycles. The second kappa shape index (κ2) is 11.0. The van der Waals surface area contributed by atoms with Gasteiger partial charge in [0.2, 0.25) is 0 Å². The zero-order valence-electron chi connectivity index (χ0n) is 22.4. The van der Waals surface area contributed by atoms with E-state index in [-0.39, 0.29) is 0 Å². The van der Waals surface area contributed by atoms with Crippen LogP contribution in [0.15, 0.2) is 54.3 Å². The van der Waals surface area contributed by atoms with Gasteiger partial charge in [-0.1, -0.05) is 6.42 Å². The van der Waals surface area contributed by atoms with E-state index in [2.05, 4.69) is 46.2 Å². The number of imidazole rings is 1. The number of hydrogen-bond acceptors (Lipinski definition) is 11. The van der Waals surface area contributed by atoms with Crippen LogP contribution in [0.5, 0.6) is 0 Å². The summed E-state index contributed by atoms with van der Waals surface area (Å²) < 4.78 is 22.5. The molecule has 7 rings (SSSR count). The van der Waals surface area contributed by atoms with Crippen molar-refractivity contribution in [2.75, 3.05) is 18.4 Å². The van der Waals surface area contributed by atoms with Gasteiger partial charge >= 0.3 is 0 Å². The van der Waals surface area contributed by atoms with Crippen LogP contribution in [0.2, 0.25) is 0 Å². The van der Waals surface area contributed by atoms with Crippen molar-refractivity contribution < 1.29 is 9.23 Å². The molecular formula is C27H28FN11OS. The zero-order chi connectivity index (χ0) is 27.8. The Morgan fingerprint density at radius 2 is 2.07 bits per heavy atom. The van der Waals surface area contributed by atoms with Gasteiger partial charge in [-0.2, -0.15) is 9.47 Å². The van der Waals surface area contributed by atoms with Gasteiger partial charge in [0.05, 0.1) is 47.8 Å². The summed E-state index contributed by atoms with van der Waals surface area (Å²) in [6.07, 6.45) is 13.4. The fourth-order valence-corrected chi connectivity index (χ4v) is 5.82. The quantitative estimate of drug-likeness (QED) is 0.284. The molecule has 0 amide bonds. The molecule has 0 aliphatic carbocycles. The average Bonchev–Trinajstić information content (AvgIpc) is 3.78. The first-order valence-electron chi connectivity index (χ1n) is 13.5. The Morgan fingerprint density at radius 3 is 2.95 bits per heavy atom. The summed E-state index contributed by atoms with van der Waals surface area (Å²) in [5.41, 5.74) is 7.40. The molecule has 1 unspecified atom stereocenters. The monoisotopic (exact) mass is 573 g/mol. The molecule has 2 aliphatic heterocycles. The number of hydrogen-bond donors (Lipinski definition) is 2. The lowest BCUT2D eigenvalue weighted by atomic mass is 10.1. The van der Waals surface area contributed by atoms with Crippen molar-refractivity contribution in [1.82, 2.24) is 43.9 Å². The van der Waals surface area contributed by atoms with Crippen LogP contribution in [0.25, 0.3) is 16.9 Å². The Labute approximate surface area is 239 Å². The van der Waals surface area contributed by atoms with Gasteiger partial charge in [-0.3, -0.25) is 19.0 Å². The van der Waals surface area contributed by atoms with Gasteiger partial charge in [-0.05, 0) is 56.5 Å². The molecule has 5 aromatic heterocycles. The van der Waals surface area contributed by atoms with E-state index in [4.69, 9.17) is 9.82 Å². The molecule has 5 aromatic rings. The first kappa shape index (κ1) is 25.7. The highest BCUT2D eigenvalue weighted by Gasteiger charge is 2.23. The number of hydroxylamine groups is 1. The second-order valence-corrected chi connectivity index (χ2v) is 11.0. The highest BCUT2D eigenvalue weighted by atomic mass is 32.1. The van der Waals surface area contributed by atoms with Crippen LogP contribution in [-0.2, 0) is 17.9 Å². The molecule has 2 aliphatic rings. The van der Waals surface area contributed by atoms with Gasteiger partial charge in [-0.15, -0.1) is 0 Å². The fourth-order valence-electron chi connectivity index (χ4n) is 5.16. The molecule has 210 valence electrons. The predicted octanol–water partition coefficient (Wildman–Crippen LogP) is 3.93. The number of pyridine rings is 1. The largest absolute Gasteiger partial charge is 0.328 e. The van der Waals surface area contributed by atoms with Crippen LogP contribution >= 0.6 is 11.5 Å². The predicted molar refractivity (Wildman–Crippen MR) is 152 cm³/mol. The van der Waals surface area contributed by atoms with Crippen LogP contribution < -0.4 is 10.8 Å². The lowest BCUT2D eigenvalue weighted by molar-refractivity contribution is 0.0260. The number of nitrogens with zero attached hydrogens (tertiary/aromatic N) is 9. The number of rotatable bonds is 8. The number of halogens is 1. The minimum absolute atomic E-state index is 0.305. The van der Waals surface area contributed by atoms with Crippen molar-refractivity contribution in [3.05, 3.63) is 72.1 Å². The van der Waals surface area contributed by atoms with Crippen molar-refractivity contribution in [2.45, 2.75) is 45.5 Å². The summed E-state index contributed by atoms with van der Waals surface area (Å²) >= 11 is 1.44. The molecule has 0 spiro atoms. The normalized spacial score (nSPS) is 17.6. The van der Waals surface area contributed by atoms with E-state index in [1.807, 2.05) is 29.9 Å². The first-order chi connectivity index (χ1) is 20.1. The lowest BCUT2D eigenvalue weighted by Gasteiger charge is -2.25. The van der Waals surface area contributed by atoms with E-state index < -0.39 is 12.0 Å². The molecule has 41 heavy (non-hydrogen) atoms. The second-order valence-electron chi connectivity index (χ2n) is 10.2. The van der Waals surface area contributed by atoms with E-state index in [1.165, 1.54) is 37.0 Å². The van der Waals surface area contributed by atoms with Gasteiger partial charge in [0, 0.05) is 30.7 Å². The highest BCUT2D eigenvalue weighted by molar-refractivity contribution is 7.10. The maximum atomic E-state index is 14.1. The number of aryl methyl sites for hydroxylation is 1. The molecule has 1 saturated heterocycles. The van der Waals surface area contributed by atoms with Crippen molar-refractivity contribution >= 4 is 33.8 Å². The molecule has 2 N–H and O–H groups in total. The lowest BCUT2D eigenvalue weighted by Crippen LogP contribution is -2.29. The van der Waals surface area contributed by atoms with Crippen LogP contribution in [0.1, 0.15) is 36.2 Å². The summed E-state index contributed by atoms with van der Waals surface area (Å²) in [5.74, 6) is 0.531. The molecule has 1 fully saturated rings. The number of aliphatic imine (C=N–C) groups is 1. The Kier molecular flexibility index (Phi) is 6.86. The van der Waals surface area contributed by atoms with Crippen LogP contribution in [0.4, 0.5) is 15.2 Å². The Bertz CT molecular complexity index is 1720. The number of anilines is 2. The van der Waals surface area contributed by atoms with Crippen molar-refractivity contribution in [3.8, 4) is 11.3 Å². The van der Waals surface area contributed by atoms with Gasteiger partial charge in [0.25, 0.3) is 0 Å². The van der Waals surface area contributed by atoms with Gasteiger partial charge in [-0.25, -0.2) is 29.7 Å². The number of aromatic nitrogens is 7. The standard InChI is InChI=1S/C27H28FN11OS/c1-17-13-39-22(18-10-31-38(14-18)16-23-33-25(35-40-23)20-5-6-29-11-21(20)28)12-30-27(39)26(32-17)34-24-9-19(36-41-24)15-37-7-3-2-4-8-37/h5-6,9-14,23H,2-4,7-8,15-16H2,1H3,(H,32,34)(H,33,35). The maximum absolute atomic E-state index is 14.1. The summed E-state index contributed by atoms with van der Waals surface area (Å²) in [4.78, 5) is 25.6. The van der Waals surface area contributed by atoms with Gasteiger partial charge < -0.3 is 5.32 Å².